The van der Waals surface area contributed by atoms with Crippen molar-refractivity contribution in [2.75, 3.05) is 17.2 Å². The highest BCUT2D eigenvalue weighted by atomic mass is 16.5. The van der Waals surface area contributed by atoms with Crippen LogP contribution in [0.1, 0.15) is 35.8 Å². The molecule has 6 nitrogen and oxygen atoms in total. The van der Waals surface area contributed by atoms with Crippen LogP contribution < -0.4 is 15.4 Å². The maximum Gasteiger partial charge on any atom is 0.272 e. The van der Waals surface area contributed by atoms with Crippen molar-refractivity contribution in [3.8, 4) is 5.75 Å². The fourth-order valence-electron chi connectivity index (χ4n) is 3.50. The molecule has 0 aliphatic carbocycles. The highest BCUT2D eigenvalue weighted by Gasteiger charge is 2.14. The summed E-state index contributed by atoms with van der Waals surface area (Å²) >= 11 is 0. The second-order valence-electron chi connectivity index (χ2n) is 7.80. The zero-order chi connectivity index (χ0) is 22.5. The summed E-state index contributed by atoms with van der Waals surface area (Å²) in [6.07, 6.45) is 0. The Labute approximate surface area is 186 Å². The number of fused-ring (bicyclic) bond motifs is 1. The number of ether oxygens (including phenoxy) is 1. The lowest BCUT2D eigenvalue weighted by Gasteiger charge is -2.15. The van der Waals surface area contributed by atoms with Crippen LogP contribution in [0.5, 0.6) is 5.75 Å². The zero-order valence-corrected chi connectivity index (χ0v) is 18.0. The van der Waals surface area contributed by atoms with Crippen LogP contribution in [-0.2, 0) is 4.79 Å². The maximum absolute atomic E-state index is 12.8. The van der Waals surface area contributed by atoms with Crippen molar-refractivity contribution in [1.29, 1.82) is 0 Å². The number of amides is 2. The lowest BCUT2D eigenvalue weighted by atomic mass is 10.0. The van der Waals surface area contributed by atoms with E-state index in [1.165, 1.54) is 0 Å². The molecule has 0 unspecified atom stereocenters. The minimum absolute atomic E-state index is 0.131. The molecule has 3 N–H and O–H groups in total. The molecule has 0 spiro atoms. The van der Waals surface area contributed by atoms with E-state index >= 15 is 0 Å². The quantitative estimate of drug-likeness (QED) is 0.361. The van der Waals surface area contributed by atoms with E-state index in [9.17, 15) is 9.59 Å². The fraction of sp³-hybridized carbons (Fsp3) is 0.154. The Kier molecular flexibility index (Phi) is 6.22. The standard InChI is InChI=1S/C26H25N3O3/c1-17(2)19-10-4-8-14-24(19)32-16-25(30)28-21-12-6-7-13-22(21)29-26(31)23-15-18-9-3-5-11-20(18)27-23/h3-15,17,27H,16H2,1-2H3,(H,28,30)(H,29,31). The van der Waals surface area contributed by atoms with E-state index in [0.717, 1.165) is 16.5 Å². The lowest BCUT2D eigenvalue weighted by Crippen LogP contribution is -2.22. The van der Waals surface area contributed by atoms with Crippen molar-refractivity contribution in [3.63, 3.8) is 0 Å². The molecular weight excluding hydrogens is 402 g/mol. The molecule has 0 atom stereocenters. The number of anilines is 2. The molecule has 0 aliphatic rings. The molecule has 32 heavy (non-hydrogen) atoms. The fourth-order valence-corrected chi connectivity index (χ4v) is 3.50. The lowest BCUT2D eigenvalue weighted by molar-refractivity contribution is -0.118. The molecule has 0 fully saturated rings. The monoisotopic (exact) mass is 427 g/mol. The van der Waals surface area contributed by atoms with E-state index in [-0.39, 0.29) is 24.3 Å². The molecule has 4 aromatic rings. The average molecular weight is 428 g/mol. The van der Waals surface area contributed by atoms with Gasteiger partial charge in [0.1, 0.15) is 11.4 Å². The summed E-state index contributed by atoms with van der Waals surface area (Å²) in [4.78, 5) is 28.4. The number of nitrogens with one attached hydrogen (secondary N) is 3. The molecule has 6 heteroatoms. The van der Waals surface area contributed by atoms with Crippen LogP contribution in [0.3, 0.4) is 0 Å². The number of para-hydroxylation sites is 4. The van der Waals surface area contributed by atoms with Crippen molar-refractivity contribution >= 4 is 34.1 Å². The van der Waals surface area contributed by atoms with Gasteiger partial charge in [0.15, 0.2) is 6.61 Å². The minimum atomic E-state index is -0.309. The Morgan fingerprint density at radius 2 is 1.53 bits per heavy atom. The molecule has 4 rings (SSSR count). The summed E-state index contributed by atoms with van der Waals surface area (Å²) in [6, 6.07) is 24.2. The van der Waals surface area contributed by atoms with Gasteiger partial charge in [-0.1, -0.05) is 62.4 Å². The molecule has 162 valence electrons. The molecule has 3 aromatic carbocycles. The highest BCUT2D eigenvalue weighted by Crippen LogP contribution is 2.26. The third kappa shape index (κ3) is 4.81. The average Bonchev–Trinajstić information content (AvgIpc) is 3.24. The number of hydrogen-bond acceptors (Lipinski definition) is 3. The van der Waals surface area contributed by atoms with E-state index in [1.54, 1.807) is 30.3 Å². The number of benzene rings is 3. The molecule has 0 bridgehead atoms. The Bertz CT molecular complexity index is 1230. The van der Waals surface area contributed by atoms with Gasteiger partial charge in [-0.15, -0.1) is 0 Å². The van der Waals surface area contributed by atoms with Crippen LogP contribution in [0, 0.1) is 0 Å². The first-order valence-electron chi connectivity index (χ1n) is 10.5. The van der Waals surface area contributed by atoms with Crippen LogP contribution in [0.15, 0.2) is 78.9 Å². The van der Waals surface area contributed by atoms with Gasteiger partial charge in [0, 0.05) is 10.9 Å². The minimum Gasteiger partial charge on any atom is -0.483 e. The first kappa shape index (κ1) is 21.2. The molecule has 1 heterocycles. The van der Waals surface area contributed by atoms with Crippen LogP contribution in [0.4, 0.5) is 11.4 Å². The van der Waals surface area contributed by atoms with Gasteiger partial charge >= 0.3 is 0 Å². The largest absolute Gasteiger partial charge is 0.483 e. The van der Waals surface area contributed by atoms with Gasteiger partial charge in [0.2, 0.25) is 0 Å². The molecule has 0 saturated heterocycles. The Morgan fingerprint density at radius 1 is 0.875 bits per heavy atom. The number of aromatic amines is 1. The second kappa shape index (κ2) is 9.39. The van der Waals surface area contributed by atoms with Crippen molar-refractivity contribution in [3.05, 3.63) is 90.1 Å². The van der Waals surface area contributed by atoms with Crippen molar-refractivity contribution in [2.24, 2.45) is 0 Å². The summed E-state index contributed by atoms with van der Waals surface area (Å²) in [6.45, 7) is 4.02. The Morgan fingerprint density at radius 3 is 2.28 bits per heavy atom. The van der Waals surface area contributed by atoms with Crippen LogP contribution in [0.2, 0.25) is 0 Å². The normalized spacial score (nSPS) is 10.8. The SMILES string of the molecule is CC(C)c1ccccc1OCC(=O)Nc1ccccc1NC(=O)c1cc2ccccc2[nH]1. The Balaban J connectivity index is 1.43. The maximum atomic E-state index is 12.8. The summed E-state index contributed by atoms with van der Waals surface area (Å²) in [5.41, 5.74) is 3.39. The van der Waals surface area contributed by atoms with Crippen molar-refractivity contribution in [2.45, 2.75) is 19.8 Å². The van der Waals surface area contributed by atoms with Gasteiger partial charge in [-0.3, -0.25) is 9.59 Å². The molecule has 0 saturated carbocycles. The van der Waals surface area contributed by atoms with E-state index in [4.69, 9.17) is 4.74 Å². The second-order valence-corrected chi connectivity index (χ2v) is 7.80. The van der Waals surface area contributed by atoms with Crippen LogP contribution in [-0.4, -0.2) is 23.4 Å². The number of carbonyl (C=O) groups is 2. The summed E-state index contributed by atoms with van der Waals surface area (Å²) in [5.74, 6) is 0.383. The predicted molar refractivity (Wildman–Crippen MR) is 127 cm³/mol. The van der Waals surface area contributed by atoms with Gasteiger partial charge in [0.05, 0.1) is 11.4 Å². The molecule has 0 aliphatic heterocycles. The van der Waals surface area contributed by atoms with Crippen LogP contribution >= 0.6 is 0 Å². The van der Waals surface area contributed by atoms with Gasteiger partial charge in [-0.05, 0) is 41.8 Å². The number of rotatable bonds is 7. The number of hydrogen-bond donors (Lipinski definition) is 3. The third-order valence-corrected chi connectivity index (χ3v) is 5.12. The number of aromatic nitrogens is 1. The zero-order valence-electron chi connectivity index (χ0n) is 18.0. The molecular formula is C26H25N3O3. The predicted octanol–water partition coefficient (Wildman–Crippen LogP) is 5.56. The summed E-state index contributed by atoms with van der Waals surface area (Å²) in [7, 11) is 0. The van der Waals surface area contributed by atoms with E-state index in [2.05, 4.69) is 29.5 Å². The number of carbonyl (C=O) groups excluding carboxylic acids is 2. The van der Waals surface area contributed by atoms with Gasteiger partial charge in [0.25, 0.3) is 11.8 Å². The summed E-state index contributed by atoms with van der Waals surface area (Å²) < 4.78 is 5.75. The summed E-state index contributed by atoms with van der Waals surface area (Å²) in [5, 5.41) is 6.65. The van der Waals surface area contributed by atoms with Gasteiger partial charge in [-0.2, -0.15) is 0 Å². The number of H-pyrrole nitrogens is 1. The van der Waals surface area contributed by atoms with Crippen molar-refractivity contribution in [1.82, 2.24) is 4.98 Å². The van der Waals surface area contributed by atoms with E-state index in [0.29, 0.717) is 22.8 Å². The van der Waals surface area contributed by atoms with Crippen molar-refractivity contribution < 1.29 is 14.3 Å². The van der Waals surface area contributed by atoms with Gasteiger partial charge < -0.3 is 20.4 Å². The molecule has 0 radical (unpaired) electrons. The highest BCUT2D eigenvalue weighted by molar-refractivity contribution is 6.08. The van der Waals surface area contributed by atoms with Crippen LogP contribution in [0.25, 0.3) is 10.9 Å². The van der Waals surface area contributed by atoms with E-state index in [1.807, 2.05) is 48.5 Å². The topological polar surface area (TPSA) is 83.2 Å². The molecule has 1 aromatic heterocycles. The van der Waals surface area contributed by atoms with E-state index < -0.39 is 0 Å². The first-order valence-corrected chi connectivity index (χ1v) is 10.5. The van der Waals surface area contributed by atoms with Gasteiger partial charge in [-0.25, -0.2) is 0 Å². The first-order chi connectivity index (χ1) is 15.5. The third-order valence-electron chi connectivity index (χ3n) is 5.12. The Hall–Kier alpha value is -4.06. The molecule has 2 amide bonds. The smallest absolute Gasteiger partial charge is 0.272 e.